The molecule has 0 spiro atoms. The minimum absolute atomic E-state index is 0.353. The molecule has 0 amide bonds. The Morgan fingerprint density at radius 3 is 2.56 bits per heavy atom. The standard InChI is InChI=1S/C15H21NOS/c1-5-16-14(9-13-7-6-8-18-13)15-10(2)11(3)17-12(15)4/h6-8,14,16H,5,9H2,1-4H3. The Hall–Kier alpha value is -1.06. The van der Waals surface area contributed by atoms with Crippen molar-refractivity contribution in [1.29, 1.82) is 0 Å². The van der Waals surface area contributed by atoms with E-state index in [0.717, 1.165) is 24.5 Å². The summed E-state index contributed by atoms with van der Waals surface area (Å²) in [5, 5.41) is 5.72. The van der Waals surface area contributed by atoms with Crippen molar-refractivity contribution in [1.82, 2.24) is 5.32 Å². The Labute approximate surface area is 113 Å². The Morgan fingerprint density at radius 1 is 1.28 bits per heavy atom. The van der Waals surface area contributed by atoms with Crippen LogP contribution in [0.2, 0.25) is 0 Å². The molecule has 0 radical (unpaired) electrons. The first-order valence-corrected chi connectivity index (χ1v) is 7.33. The fraction of sp³-hybridized carbons (Fsp3) is 0.467. The van der Waals surface area contributed by atoms with Gasteiger partial charge in [-0.05, 0) is 44.3 Å². The molecule has 2 rings (SSSR count). The molecule has 3 heteroatoms. The van der Waals surface area contributed by atoms with Crippen LogP contribution in [0.5, 0.6) is 0 Å². The molecule has 1 unspecified atom stereocenters. The van der Waals surface area contributed by atoms with Gasteiger partial charge in [-0.25, -0.2) is 0 Å². The zero-order valence-corrected chi connectivity index (χ0v) is 12.4. The van der Waals surface area contributed by atoms with Gasteiger partial charge in [0.05, 0.1) is 0 Å². The van der Waals surface area contributed by atoms with Crippen molar-refractivity contribution in [2.45, 2.75) is 40.2 Å². The van der Waals surface area contributed by atoms with Crippen LogP contribution in [0, 0.1) is 20.8 Å². The molecular weight excluding hydrogens is 242 g/mol. The highest BCUT2D eigenvalue weighted by atomic mass is 32.1. The third-order valence-electron chi connectivity index (χ3n) is 3.40. The number of likely N-dealkylation sites (N-methyl/N-ethyl adjacent to an activating group) is 1. The van der Waals surface area contributed by atoms with Crippen LogP contribution < -0.4 is 5.32 Å². The van der Waals surface area contributed by atoms with Crippen LogP contribution >= 0.6 is 11.3 Å². The first-order chi connectivity index (χ1) is 8.63. The molecule has 0 aliphatic carbocycles. The van der Waals surface area contributed by atoms with Gasteiger partial charge >= 0.3 is 0 Å². The maximum atomic E-state index is 5.76. The van der Waals surface area contributed by atoms with Gasteiger partial charge in [-0.1, -0.05) is 13.0 Å². The van der Waals surface area contributed by atoms with Gasteiger partial charge in [-0.15, -0.1) is 11.3 Å². The molecule has 0 bridgehead atoms. The predicted molar refractivity (Wildman–Crippen MR) is 77.4 cm³/mol. The van der Waals surface area contributed by atoms with Crippen LogP contribution in [0.1, 0.15) is 40.5 Å². The van der Waals surface area contributed by atoms with Crippen LogP contribution in [0.15, 0.2) is 21.9 Å². The quantitative estimate of drug-likeness (QED) is 0.876. The third-order valence-corrected chi connectivity index (χ3v) is 4.30. The number of aryl methyl sites for hydroxylation is 2. The van der Waals surface area contributed by atoms with Gasteiger partial charge in [-0.2, -0.15) is 0 Å². The zero-order valence-electron chi connectivity index (χ0n) is 11.5. The largest absolute Gasteiger partial charge is 0.466 e. The summed E-state index contributed by atoms with van der Waals surface area (Å²) in [5.41, 5.74) is 2.62. The van der Waals surface area contributed by atoms with Crippen molar-refractivity contribution in [3.63, 3.8) is 0 Å². The lowest BCUT2D eigenvalue weighted by Gasteiger charge is -2.18. The van der Waals surface area contributed by atoms with Crippen molar-refractivity contribution in [2.24, 2.45) is 0 Å². The first kappa shape index (κ1) is 13.4. The lowest BCUT2D eigenvalue weighted by molar-refractivity contribution is 0.485. The van der Waals surface area contributed by atoms with Gasteiger partial charge in [0.15, 0.2) is 0 Å². The summed E-state index contributed by atoms with van der Waals surface area (Å²) in [6.45, 7) is 9.38. The van der Waals surface area contributed by atoms with Gasteiger partial charge in [0.1, 0.15) is 11.5 Å². The summed E-state index contributed by atoms with van der Waals surface area (Å²) in [4.78, 5) is 1.42. The van der Waals surface area contributed by atoms with Crippen molar-refractivity contribution >= 4 is 11.3 Å². The van der Waals surface area contributed by atoms with E-state index in [4.69, 9.17) is 4.42 Å². The lowest BCUT2D eigenvalue weighted by atomic mass is 9.98. The number of rotatable bonds is 5. The highest BCUT2D eigenvalue weighted by Crippen LogP contribution is 2.30. The second-order valence-electron chi connectivity index (χ2n) is 4.65. The summed E-state index contributed by atoms with van der Waals surface area (Å²) < 4.78 is 5.76. The Morgan fingerprint density at radius 2 is 2.06 bits per heavy atom. The maximum absolute atomic E-state index is 5.76. The molecule has 18 heavy (non-hydrogen) atoms. The molecule has 0 saturated heterocycles. The first-order valence-electron chi connectivity index (χ1n) is 6.45. The van der Waals surface area contributed by atoms with E-state index in [1.54, 1.807) is 0 Å². The molecule has 0 aliphatic rings. The molecule has 2 heterocycles. The average Bonchev–Trinajstić information content (AvgIpc) is 2.89. The number of furan rings is 1. The Bertz CT molecular complexity index is 499. The Kier molecular flexibility index (Phi) is 4.25. The molecule has 98 valence electrons. The summed E-state index contributed by atoms with van der Waals surface area (Å²) in [6.07, 6.45) is 1.03. The average molecular weight is 263 g/mol. The van der Waals surface area contributed by atoms with Crippen LogP contribution in [-0.2, 0) is 6.42 Å². The zero-order chi connectivity index (χ0) is 13.1. The van der Waals surface area contributed by atoms with Crippen LogP contribution in [0.3, 0.4) is 0 Å². The number of thiophene rings is 1. The minimum Gasteiger partial charge on any atom is -0.466 e. The lowest BCUT2D eigenvalue weighted by Crippen LogP contribution is -2.23. The van der Waals surface area contributed by atoms with Gasteiger partial charge in [0.2, 0.25) is 0 Å². The van der Waals surface area contributed by atoms with E-state index in [-0.39, 0.29) is 0 Å². The summed E-state index contributed by atoms with van der Waals surface area (Å²) in [7, 11) is 0. The normalized spacial score (nSPS) is 12.9. The van der Waals surface area contributed by atoms with Crippen LogP contribution in [-0.4, -0.2) is 6.54 Å². The van der Waals surface area contributed by atoms with Gasteiger partial charge < -0.3 is 9.73 Å². The molecule has 0 saturated carbocycles. The van der Waals surface area contributed by atoms with Crippen molar-refractivity contribution < 1.29 is 4.42 Å². The number of hydrogen-bond acceptors (Lipinski definition) is 3. The summed E-state index contributed by atoms with van der Waals surface area (Å²) >= 11 is 1.82. The molecule has 1 atom stereocenters. The second kappa shape index (κ2) is 5.72. The molecule has 0 fully saturated rings. The monoisotopic (exact) mass is 263 g/mol. The highest BCUT2D eigenvalue weighted by Gasteiger charge is 2.20. The van der Waals surface area contributed by atoms with Crippen molar-refractivity contribution in [3.05, 3.63) is 45.0 Å². The SMILES string of the molecule is CCNC(Cc1cccs1)c1c(C)oc(C)c1C. The topological polar surface area (TPSA) is 25.2 Å². The van der Waals surface area contributed by atoms with E-state index in [1.807, 2.05) is 18.3 Å². The second-order valence-corrected chi connectivity index (χ2v) is 5.68. The van der Waals surface area contributed by atoms with Crippen molar-refractivity contribution in [3.8, 4) is 0 Å². The molecule has 2 aromatic heterocycles. The van der Waals surface area contributed by atoms with E-state index in [2.05, 4.69) is 43.6 Å². The highest BCUT2D eigenvalue weighted by molar-refractivity contribution is 7.09. The number of nitrogens with one attached hydrogen (secondary N) is 1. The van der Waals surface area contributed by atoms with E-state index in [0.29, 0.717) is 6.04 Å². The van der Waals surface area contributed by atoms with Gasteiger partial charge in [-0.3, -0.25) is 0 Å². The molecule has 0 aliphatic heterocycles. The predicted octanol–water partition coefficient (Wildman–Crippen LogP) is 4.16. The van der Waals surface area contributed by atoms with E-state index in [1.165, 1.54) is 16.0 Å². The van der Waals surface area contributed by atoms with E-state index in [9.17, 15) is 0 Å². The van der Waals surface area contributed by atoms with E-state index < -0.39 is 0 Å². The fourth-order valence-electron chi connectivity index (χ4n) is 2.47. The van der Waals surface area contributed by atoms with Gasteiger partial charge in [0, 0.05) is 22.9 Å². The Balaban J connectivity index is 2.29. The minimum atomic E-state index is 0.353. The fourth-order valence-corrected chi connectivity index (χ4v) is 3.23. The molecule has 1 N–H and O–H groups in total. The van der Waals surface area contributed by atoms with E-state index >= 15 is 0 Å². The van der Waals surface area contributed by atoms with Crippen LogP contribution in [0.25, 0.3) is 0 Å². The maximum Gasteiger partial charge on any atom is 0.106 e. The van der Waals surface area contributed by atoms with Gasteiger partial charge in [0.25, 0.3) is 0 Å². The molecular formula is C15H21NOS. The summed E-state index contributed by atoms with van der Waals surface area (Å²) in [6, 6.07) is 4.67. The summed E-state index contributed by atoms with van der Waals surface area (Å²) in [5.74, 6) is 2.09. The molecule has 0 aromatic carbocycles. The smallest absolute Gasteiger partial charge is 0.106 e. The number of hydrogen-bond donors (Lipinski definition) is 1. The molecule has 2 aromatic rings. The van der Waals surface area contributed by atoms with Crippen molar-refractivity contribution in [2.75, 3.05) is 6.54 Å². The van der Waals surface area contributed by atoms with Crippen LogP contribution in [0.4, 0.5) is 0 Å². The third kappa shape index (κ3) is 2.68. The molecule has 2 nitrogen and oxygen atoms in total.